The minimum atomic E-state index is -2.60. The van der Waals surface area contributed by atoms with Crippen molar-refractivity contribution < 1.29 is 18.7 Å². The number of carboxylic acids is 1. The number of alkyl halides is 2. The van der Waals surface area contributed by atoms with E-state index in [-0.39, 0.29) is 30.3 Å². The van der Waals surface area contributed by atoms with Crippen LogP contribution >= 0.6 is 0 Å². The average Bonchev–Trinajstić information content (AvgIpc) is 2.32. The van der Waals surface area contributed by atoms with Gasteiger partial charge in [0.2, 0.25) is 5.92 Å². The molecular weight excluding hydrogens is 244 g/mol. The lowest BCUT2D eigenvalue weighted by atomic mass is 9.92. The van der Waals surface area contributed by atoms with Crippen LogP contribution in [-0.2, 0) is 0 Å². The van der Waals surface area contributed by atoms with E-state index in [9.17, 15) is 13.6 Å². The van der Waals surface area contributed by atoms with Gasteiger partial charge in [-0.15, -0.1) is 0 Å². The Hall–Kier alpha value is -1.79. The Bertz CT molecular complexity index is 444. The lowest BCUT2D eigenvalue weighted by Crippen LogP contribution is -2.32. The summed E-state index contributed by atoms with van der Waals surface area (Å²) in [7, 11) is 0. The quantitative estimate of drug-likeness (QED) is 0.867. The smallest absolute Gasteiger partial charge is 0.341 e. The molecule has 1 saturated carbocycles. The van der Waals surface area contributed by atoms with Crippen molar-refractivity contribution in [2.45, 2.75) is 37.6 Å². The summed E-state index contributed by atoms with van der Waals surface area (Å²) >= 11 is 0. The predicted octanol–water partition coefficient (Wildman–Crippen LogP) is 2.16. The fraction of sp³-hybridized carbons (Fsp3) is 0.545. The zero-order chi connectivity index (χ0) is 13.2. The van der Waals surface area contributed by atoms with E-state index in [1.807, 2.05) is 0 Å². The van der Waals surface area contributed by atoms with Crippen molar-refractivity contribution in [3.05, 3.63) is 18.1 Å². The van der Waals surface area contributed by atoms with Gasteiger partial charge in [0.05, 0.1) is 0 Å². The number of nitrogens with zero attached hydrogens (tertiary/aromatic N) is 2. The molecule has 1 aromatic heterocycles. The highest BCUT2D eigenvalue weighted by atomic mass is 19.3. The van der Waals surface area contributed by atoms with Crippen LogP contribution in [0.2, 0.25) is 0 Å². The molecule has 1 fully saturated rings. The summed E-state index contributed by atoms with van der Waals surface area (Å²) < 4.78 is 26.0. The molecule has 0 amide bonds. The Morgan fingerprint density at radius 2 is 2.11 bits per heavy atom. The van der Waals surface area contributed by atoms with E-state index in [4.69, 9.17) is 5.11 Å². The van der Waals surface area contributed by atoms with E-state index in [2.05, 4.69) is 15.3 Å². The molecule has 0 bridgehead atoms. The van der Waals surface area contributed by atoms with E-state index in [0.717, 1.165) is 0 Å². The van der Waals surface area contributed by atoms with Crippen LogP contribution in [0.5, 0.6) is 0 Å². The molecule has 2 rings (SSSR count). The molecule has 0 radical (unpaired) electrons. The summed E-state index contributed by atoms with van der Waals surface area (Å²) in [6.07, 6.45) is 2.66. The first-order valence-corrected chi connectivity index (χ1v) is 5.65. The van der Waals surface area contributed by atoms with Gasteiger partial charge in [0.1, 0.15) is 17.7 Å². The summed E-state index contributed by atoms with van der Waals surface area (Å²) in [5.74, 6) is -3.55. The second-order valence-corrected chi connectivity index (χ2v) is 4.36. The molecule has 1 heterocycles. The Morgan fingerprint density at radius 1 is 1.44 bits per heavy atom. The number of anilines is 1. The van der Waals surface area contributed by atoms with Gasteiger partial charge in [0.25, 0.3) is 0 Å². The molecule has 2 N–H and O–H groups in total. The van der Waals surface area contributed by atoms with Crippen LogP contribution in [0.4, 0.5) is 14.6 Å². The van der Waals surface area contributed by atoms with Gasteiger partial charge in [-0.2, -0.15) is 0 Å². The van der Waals surface area contributed by atoms with Gasteiger partial charge < -0.3 is 10.4 Å². The molecular formula is C11H13F2N3O2. The van der Waals surface area contributed by atoms with Crippen LogP contribution < -0.4 is 5.32 Å². The van der Waals surface area contributed by atoms with Crippen LogP contribution in [-0.4, -0.2) is 33.0 Å². The number of aromatic nitrogens is 2. The van der Waals surface area contributed by atoms with Gasteiger partial charge in [-0.05, 0) is 12.8 Å². The Balaban J connectivity index is 2.04. The maximum Gasteiger partial charge on any atom is 0.341 e. The molecule has 0 spiro atoms. The maximum atomic E-state index is 13.0. The van der Waals surface area contributed by atoms with E-state index in [0.29, 0.717) is 12.8 Å². The highest BCUT2D eigenvalue weighted by molar-refractivity contribution is 5.92. The molecule has 7 heteroatoms. The standard InChI is InChI=1S/C11H13F2N3O2/c12-11(13)3-1-7(2-4-11)16-9-8(10(17)18)5-14-6-15-9/h5-7H,1-4H2,(H,17,18)(H,14,15,16). The Kier molecular flexibility index (Phi) is 3.40. The molecule has 1 aliphatic rings. The van der Waals surface area contributed by atoms with Crippen LogP contribution in [0.3, 0.4) is 0 Å². The summed E-state index contributed by atoms with van der Waals surface area (Å²) in [5.41, 5.74) is -0.0465. The normalized spacial score (nSPS) is 19.4. The van der Waals surface area contributed by atoms with Crippen molar-refractivity contribution in [2.24, 2.45) is 0 Å². The van der Waals surface area contributed by atoms with Crippen LogP contribution in [0, 0.1) is 0 Å². The third-order valence-corrected chi connectivity index (χ3v) is 3.00. The molecule has 0 aromatic carbocycles. The third-order valence-electron chi connectivity index (χ3n) is 3.00. The van der Waals surface area contributed by atoms with Crippen molar-refractivity contribution in [1.82, 2.24) is 9.97 Å². The molecule has 98 valence electrons. The minimum Gasteiger partial charge on any atom is -0.477 e. The SMILES string of the molecule is O=C(O)c1cncnc1NC1CCC(F)(F)CC1. The zero-order valence-electron chi connectivity index (χ0n) is 9.57. The Labute approximate surface area is 102 Å². The highest BCUT2D eigenvalue weighted by Crippen LogP contribution is 2.34. The average molecular weight is 257 g/mol. The van der Waals surface area contributed by atoms with E-state index in [1.165, 1.54) is 12.5 Å². The van der Waals surface area contributed by atoms with Crippen LogP contribution in [0.1, 0.15) is 36.0 Å². The number of nitrogens with one attached hydrogen (secondary N) is 1. The van der Waals surface area contributed by atoms with Gasteiger partial charge >= 0.3 is 5.97 Å². The number of aromatic carboxylic acids is 1. The topological polar surface area (TPSA) is 75.1 Å². The number of hydrogen-bond donors (Lipinski definition) is 2. The van der Waals surface area contributed by atoms with Crippen molar-refractivity contribution in [3.8, 4) is 0 Å². The number of halogens is 2. The second kappa shape index (κ2) is 4.83. The highest BCUT2D eigenvalue weighted by Gasteiger charge is 2.35. The summed E-state index contributed by atoms with van der Waals surface area (Å²) in [6, 6.07) is -0.169. The van der Waals surface area contributed by atoms with E-state index >= 15 is 0 Å². The monoisotopic (exact) mass is 257 g/mol. The van der Waals surface area contributed by atoms with Crippen molar-refractivity contribution >= 4 is 11.8 Å². The number of rotatable bonds is 3. The van der Waals surface area contributed by atoms with Crippen molar-refractivity contribution in [2.75, 3.05) is 5.32 Å². The third kappa shape index (κ3) is 2.91. The lowest BCUT2D eigenvalue weighted by molar-refractivity contribution is -0.0361. The largest absolute Gasteiger partial charge is 0.477 e. The number of hydrogen-bond acceptors (Lipinski definition) is 4. The maximum absolute atomic E-state index is 13.0. The van der Waals surface area contributed by atoms with Gasteiger partial charge in [-0.1, -0.05) is 0 Å². The Morgan fingerprint density at radius 3 is 2.72 bits per heavy atom. The predicted molar refractivity (Wildman–Crippen MR) is 59.8 cm³/mol. The molecule has 0 saturated heterocycles. The molecule has 5 nitrogen and oxygen atoms in total. The first-order valence-electron chi connectivity index (χ1n) is 5.65. The van der Waals surface area contributed by atoms with Gasteiger partial charge in [0, 0.05) is 25.1 Å². The lowest BCUT2D eigenvalue weighted by Gasteiger charge is -2.29. The summed E-state index contributed by atoms with van der Waals surface area (Å²) in [6.45, 7) is 0. The van der Waals surface area contributed by atoms with Gasteiger partial charge in [-0.25, -0.2) is 23.5 Å². The fourth-order valence-corrected chi connectivity index (χ4v) is 1.98. The van der Waals surface area contributed by atoms with Crippen LogP contribution in [0.15, 0.2) is 12.5 Å². The van der Waals surface area contributed by atoms with Crippen molar-refractivity contribution in [3.63, 3.8) is 0 Å². The fourth-order valence-electron chi connectivity index (χ4n) is 1.98. The van der Waals surface area contributed by atoms with Gasteiger partial charge in [0.15, 0.2) is 0 Å². The molecule has 0 unspecified atom stereocenters. The summed E-state index contributed by atoms with van der Waals surface area (Å²) in [4.78, 5) is 18.4. The van der Waals surface area contributed by atoms with Crippen molar-refractivity contribution in [1.29, 1.82) is 0 Å². The zero-order valence-corrected chi connectivity index (χ0v) is 9.57. The summed E-state index contributed by atoms with van der Waals surface area (Å²) in [5, 5.41) is 11.8. The number of carbonyl (C=O) groups is 1. The molecule has 0 aliphatic heterocycles. The first-order chi connectivity index (χ1) is 8.48. The minimum absolute atomic E-state index is 0.0465. The first kappa shape index (κ1) is 12.7. The molecule has 18 heavy (non-hydrogen) atoms. The molecule has 0 atom stereocenters. The van der Waals surface area contributed by atoms with E-state index in [1.54, 1.807) is 0 Å². The van der Waals surface area contributed by atoms with Crippen LogP contribution in [0.25, 0.3) is 0 Å². The van der Waals surface area contributed by atoms with E-state index < -0.39 is 11.9 Å². The molecule has 1 aromatic rings. The molecule has 1 aliphatic carbocycles. The van der Waals surface area contributed by atoms with Gasteiger partial charge in [-0.3, -0.25) is 0 Å². The second-order valence-electron chi connectivity index (χ2n) is 4.36. The number of carboxylic acid groups (broad SMARTS) is 1.